The Balaban J connectivity index is 1.86. The second-order valence-electron chi connectivity index (χ2n) is 4.78. The van der Waals surface area contributed by atoms with Gasteiger partial charge in [-0.05, 0) is 32.0 Å². The van der Waals surface area contributed by atoms with E-state index < -0.39 is 0 Å². The molecule has 1 atom stereocenters. The third kappa shape index (κ3) is 3.20. The van der Waals surface area contributed by atoms with E-state index in [1.54, 1.807) is 0 Å². The van der Waals surface area contributed by atoms with Gasteiger partial charge in [0.1, 0.15) is 0 Å². The maximum Gasteiger partial charge on any atom is 0.0367 e. The van der Waals surface area contributed by atoms with E-state index in [-0.39, 0.29) is 0 Å². The van der Waals surface area contributed by atoms with Crippen LogP contribution in [0.2, 0.25) is 0 Å². The molecule has 1 aromatic rings. The van der Waals surface area contributed by atoms with Crippen LogP contribution in [0, 0.1) is 0 Å². The molecule has 0 spiro atoms. The number of anilines is 1. The summed E-state index contributed by atoms with van der Waals surface area (Å²) >= 11 is 0. The Hall–Kier alpha value is -1.06. The van der Waals surface area contributed by atoms with Crippen molar-refractivity contribution in [3.63, 3.8) is 0 Å². The molecule has 0 amide bonds. The molecule has 1 heterocycles. The lowest BCUT2D eigenvalue weighted by atomic mass is 10.1. The van der Waals surface area contributed by atoms with Crippen molar-refractivity contribution in [1.29, 1.82) is 0 Å². The van der Waals surface area contributed by atoms with Gasteiger partial charge < -0.3 is 10.6 Å². The Kier molecular flexibility index (Phi) is 4.40. The first kappa shape index (κ1) is 12.4. The number of rotatable bonds is 4. The number of hydrogen-bond donors (Lipinski definition) is 1. The van der Waals surface area contributed by atoms with Crippen LogP contribution in [0.3, 0.4) is 0 Å². The van der Waals surface area contributed by atoms with E-state index in [9.17, 15) is 0 Å². The van der Waals surface area contributed by atoms with Crippen LogP contribution in [0.15, 0.2) is 30.3 Å². The average Bonchev–Trinajstić information content (AvgIpc) is 2.40. The van der Waals surface area contributed by atoms with Gasteiger partial charge in [0.25, 0.3) is 0 Å². The lowest BCUT2D eigenvalue weighted by molar-refractivity contribution is 0.190. The van der Waals surface area contributed by atoms with Crippen LogP contribution in [0.1, 0.15) is 13.3 Å². The summed E-state index contributed by atoms with van der Waals surface area (Å²) in [5.41, 5.74) is 6.96. The van der Waals surface area contributed by atoms with E-state index in [0.717, 1.165) is 39.1 Å². The number of piperazine rings is 1. The number of nitrogens with zero attached hydrogens (tertiary/aromatic N) is 2. The highest BCUT2D eigenvalue weighted by Gasteiger charge is 2.20. The monoisotopic (exact) mass is 233 g/mol. The summed E-state index contributed by atoms with van der Waals surface area (Å²) in [5.74, 6) is 0. The van der Waals surface area contributed by atoms with Crippen LogP contribution >= 0.6 is 0 Å². The van der Waals surface area contributed by atoms with Gasteiger partial charge in [-0.25, -0.2) is 0 Å². The Morgan fingerprint density at radius 2 is 1.76 bits per heavy atom. The second-order valence-corrected chi connectivity index (χ2v) is 4.78. The summed E-state index contributed by atoms with van der Waals surface area (Å²) < 4.78 is 0. The molecule has 94 valence electrons. The topological polar surface area (TPSA) is 32.5 Å². The van der Waals surface area contributed by atoms with Gasteiger partial charge in [0.05, 0.1) is 0 Å². The zero-order valence-corrected chi connectivity index (χ0v) is 10.7. The number of para-hydroxylation sites is 1. The molecule has 1 aliphatic heterocycles. The molecule has 0 radical (unpaired) electrons. The standard InChI is InChI=1S/C14H23N3/c1-13(7-8-15)16-9-11-17(12-10-16)14-5-3-2-4-6-14/h2-6,13H,7-12,15H2,1H3. The largest absolute Gasteiger partial charge is 0.369 e. The maximum atomic E-state index is 5.62. The molecule has 0 aliphatic carbocycles. The lowest BCUT2D eigenvalue weighted by Crippen LogP contribution is -2.50. The van der Waals surface area contributed by atoms with Crippen molar-refractivity contribution in [2.75, 3.05) is 37.6 Å². The van der Waals surface area contributed by atoms with Gasteiger partial charge in [-0.1, -0.05) is 18.2 Å². The van der Waals surface area contributed by atoms with Crippen molar-refractivity contribution in [2.45, 2.75) is 19.4 Å². The molecular weight excluding hydrogens is 210 g/mol. The van der Waals surface area contributed by atoms with Crippen molar-refractivity contribution < 1.29 is 0 Å². The van der Waals surface area contributed by atoms with Gasteiger partial charge >= 0.3 is 0 Å². The van der Waals surface area contributed by atoms with Crippen LogP contribution in [-0.2, 0) is 0 Å². The lowest BCUT2D eigenvalue weighted by Gasteiger charge is -2.39. The minimum absolute atomic E-state index is 0.623. The molecule has 1 aliphatic rings. The molecule has 1 saturated heterocycles. The van der Waals surface area contributed by atoms with Gasteiger partial charge in [0.2, 0.25) is 0 Å². The summed E-state index contributed by atoms with van der Waals surface area (Å²) in [5, 5.41) is 0. The van der Waals surface area contributed by atoms with Gasteiger partial charge in [0.15, 0.2) is 0 Å². The highest BCUT2D eigenvalue weighted by molar-refractivity contribution is 5.46. The summed E-state index contributed by atoms with van der Waals surface area (Å²) in [6, 6.07) is 11.3. The number of benzene rings is 1. The van der Waals surface area contributed by atoms with E-state index in [0.29, 0.717) is 6.04 Å². The third-order valence-electron chi connectivity index (χ3n) is 3.64. The Morgan fingerprint density at radius 3 is 2.35 bits per heavy atom. The number of nitrogens with two attached hydrogens (primary N) is 1. The fraction of sp³-hybridized carbons (Fsp3) is 0.571. The van der Waals surface area contributed by atoms with Crippen molar-refractivity contribution in [1.82, 2.24) is 4.90 Å². The highest BCUT2D eigenvalue weighted by Crippen LogP contribution is 2.16. The fourth-order valence-electron chi connectivity index (χ4n) is 2.48. The Morgan fingerprint density at radius 1 is 1.12 bits per heavy atom. The normalized spacial score (nSPS) is 19.3. The molecule has 0 bridgehead atoms. The maximum absolute atomic E-state index is 5.62. The summed E-state index contributed by atoms with van der Waals surface area (Å²) in [6.45, 7) is 7.62. The van der Waals surface area contributed by atoms with E-state index >= 15 is 0 Å². The molecule has 2 N–H and O–H groups in total. The third-order valence-corrected chi connectivity index (χ3v) is 3.64. The van der Waals surface area contributed by atoms with Crippen LogP contribution in [-0.4, -0.2) is 43.7 Å². The molecule has 3 nitrogen and oxygen atoms in total. The van der Waals surface area contributed by atoms with E-state index in [4.69, 9.17) is 5.73 Å². The first-order chi connectivity index (χ1) is 8.31. The van der Waals surface area contributed by atoms with Crippen molar-refractivity contribution in [3.8, 4) is 0 Å². The van der Waals surface area contributed by atoms with E-state index in [2.05, 4.69) is 47.1 Å². The predicted molar refractivity (Wildman–Crippen MR) is 73.4 cm³/mol. The first-order valence-electron chi connectivity index (χ1n) is 6.55. The van der Waals surface area contributed by atoms with Gasteiger partial charge in [0, 0.05) is 37.9 Å². The molecular formula is C14H23N3. The molecule has 17 heavy (non-hydrogen) atoms. The van der Waals surface area contributed by atoms with E-state index in [1.165, 1.54) is 5.69 Å². The predicted octanol–water partition coefficient (Wildman–Crippen LogP) is 1.55. The van der Waals surface area contributed by atoms with Crippen molar-refractivity contribution >= 4 is 5.69 Å². The van der Waals surface area contributed by atoms with E-state index in [1.807, 2.05) is 0 Å². The van der Waals surface area contributed by atoms with Crippen LogP contribution < -0.4 is 10.6 Å². The fourth-order valence-corrected chi connectivity index (χ4v) is 2.48. The molecule has 1 aromatic carbocycles. The molecule has 0 aromatic heterocycles. The molecule has 0 saturated carbocycles. The van der Waals surface area contributed by atoms with Crippen molar-refractivity contribution in [2.24, 2.45) is 5.73 Å². The number of hydrogen-bond acceptors (Lipinski definition) is 3. The van der Waals surface area contributed by atoms with Crippen LogP contribution in [0.5, 0.6) is 0 Å². The van der Waals surface area contributed by atoms with Gasteiger partial charge in [-0.15, -0.1) is 0 Å². The second kappa shape index (κ2) is 6.03. The minimum Gasteiger partial charge on any atom is -0.369 e. The SMILES string of the molecule is CC(CCN)N1CCN(c2ccccc2)CC1. The molecule has 3 heteroatoms. The van der Waals surface area contributed by atoms with Crippen LogP contribution in [0.25, 0.3) is 0 Å². The molecule has 1 fully saturated rings. The Bertz CT molecular complexity index is 317. The average molecular weight is 233 g/mol. The minimum atomic E-state index is 0.623. The van der Waals surface area contributed by atoms with Crippen molar-refractivity contribution in [3.05, 3.63) is 30.3 Å². The molecule has 1 unspecified atom stereocenters. The quantitative estimate of drug-likeness (QED) is 0.856. The van der Waals surface area contributed by atoms with Crippen LogP contribution in [0.4, 0.5) is 5.69 Å². The summed E-state index contributed by atoms with van der Waals surface area (Å²) in [6.07, 6.45) is 1.10. The van der Waals surface area contributed by atoms with Gasteiger partial charge in [-0.2, -0.15) is 0 Å². The van der Waals surface area contributed by atoms with Gasteiger partial charge in [-0.3, -0.25) is 4.90 Å². The summed E-state index contributed by atoms with van der Waals surface area (Å²) in [7, 11) is 0. The molecule has 2 rings (SSSR count). The smallest absolute Gasteiger partial charge is 0.0367 e. The first-order valence-corrected chi connectivity index (χ1v) is 6.55. The zero-order chi connectivity index (χ0) is 12.1. The zero-order valence-electron chi connectivity index (χ0n) is 10.7. The Labute approximate surface area is 104 Å². The highest BCUT2D eigenvalue weighted by atomic mass is 15.3. The summed E-state index contributed by atoms with van der Waals surface area (Å²) in [4.78, 5) is 5.01.